The van der Waals surface area contributed by atoms with Crippen molar-refractivity contribution in [1.29, 1.82) is 0 Å². The fraction of sp³-hybridized carbons (Fsp3) is 0.900. The molecular weight excluding hydrogens is 198 g/mol. The Morgan fingerprint density at radius 3 is 2.50 bits per heavy atom. The normalized spacial score (nSPS) is 25.8. The van der Waals surface area contributed by atoms with Crippen LogP contribution in [0.3, 0.4) is 0 Å². The highest BCUT2D eigenvalue weighted by atomic mass is 32.2. The highest BCUT2D eigenvalue weighted by Gasteiger charge is 2.52. The van der Waals surface area contributed by atoms with Crippen LogP contribution in [-0.4, -0.2) is 34.7 Å². The fourth-order valence-electron chi connectivity index (χ4n) is 1.97. The lowest BCUT2D eigenvalue weighted by atomic mass is 9.95. The lowest BCUT2D eigenvalue weighted by Crippen LogP contribution is -2.57. The molecule has 14 heavy (non-hydrogen) atoms. The lowest BCUT2D eigenvalue weighted by Gasteiger charge is -2.30. The molecule has 1 unspecified atom stereocenters. The summed E-state index contributed by atoms with van der Waals surface area (Å²) in [6.45, 7) is 0. The van der Waals surface area contributed by atoms with Crippen LogP contribution in [-0.2, 0) is 4.79 Å². The van der Waals surface area contributed by atoms with E-state index in [1.54, 1.807) is 11.8 Å². The smallest absolute Gasteiger partial charge is 0.325 e. The summed E-state index contributed by atoms with van der Waals surface area (Å²) < 4.78 is 0. The summed E-state index contributed by atoms with van der Waals surface area (Å²) in [5.74, 6) is 0.415. The zero-order valence-corrected chi connectivity index (χ0v) is 9.27. The third-order valence-electron chi connectivity index (χ3n) is 3.07. The van der Waals surface area contributed by atoms with Gasteiger partial charge in [0.2, 0.25) is 0 Å². The zero-order valence-electron chi connectivity index (χ0n) is 8.45. The average molecular weight is 215 g/mol. The first-order valence-corrected chi connectivity index (χ1v) is 6.58. The van der Waals surface area contributed by atoms with E-state index in [0.717, 1.165) is 25.7 Å². The van der Waals surface area contributed by atoms with Crippen LogP contribution < -0.4 is 5.32 Å². The van der Waals surface area contributed by atoms with Crippen molar-refractivity contribution in [3.63, 3.8) is 0 Å². The van der Waals surface area contributed by atoms with Crippen molar-refractivity contribution in [2.75, 3.05) is 12.0 Å². The molecule has 2 N–H and O–H groups in total. The predicted octanol–water partition coefficient (Wildman–Crippen LogP) is 1.33. The van der Waals surface area contributed by atoms with Gasteiger partial charge in [-0.1, -0.05) is 0 Å². The van der Waals surface area contributed by atoms with Gasteiger partial charge in [0.15, 0.2) is 0 Å². The number of carboxylic acids is 1. The topological polar surface area (TPSA) is 49.3 Å². The van der Waals surface area contributed by atoms with Gasteiger partial charge in [-0.25, -0.2) is 0 Å². The molecule has 0 aromatic carbocycles. The molecule has 0 aromatic heterocycles. The summed E-state index contributed by atoms with van der Waals surface area (Å²) in [5.41, 5.74) is -0.624. The number of hydrogen-bond donors (Lipinski definition) is 2. The zero-order chi connectivity index (χ0) is 10.2. The number of rotatable bonds is 6. The first kappa shape index (κ1) is 10.3. The number of aliphatic carboxylic acids is 1. The van der Waals surface area contributed by atoms with Crippen molar-refractivity contribution in [3.8, 4) is 0 Å². The van der Waals surface area contributed by atoms with E-state index in [9.17, 15) is 9.90 Å². The SMILES string of the molecule is CSCC(NC1CC1)(C(=O)O)C1CC1. The van der Waals surface area contributed by atoms with E-state index in [2.05, 4.69) is 5.32 Å². The maximum absolute atomic E-state index is 11.4. The Hall–Kier alpha value is -0.220. The van der Waals surface area contributed by atoms with Gasteiger partial charge in [0.05, 0.1) is 0 Å². The minimum Gasteiger partial charge on any atom is -0.480 e. The quantitative estimate of drug-likeness (QED) is 0.702. The van der Waals surface area contributed by atoms with E-state index in [1.165, 1.54) is 0 Å². The van der Waals surface area contributed by atoms with Gasteiger partial charge in [-0.3, -0.25) is 10.1 Å². The molecule has 0 heterocycles. The molecular formula is C10H17NO2S. The molecule has 0 aromatic rings. The summed E-state index contributed by atoms with van der Waals surface area (Å²) in [6.07, 6.45) is 6.43. The largest absolute Gasteiger partial charge is 0.480 e. The second-order valence-corrected chi connectivity index (χ2v) is 5.27. The standard InChI is InChI=1S/C10H17NO2S/c1-14-6-10(9(12)13,7-2-3-7)11-8-4-5-8/h7-8,11H,2-6H2,1H3,(H,12,13). The molecule has 2 fully saturated rings. The summed E-state index contributed by atoms with van der Waals surface area (Å²) in [7, 11) is 0. The van der Waals surface area contributed by atoms with Crippen LogP contribution in [0.1, 0.15) is 25.7 Å². The first-order valence-electron chi connectivity index (χ1n) is 5.19. The molecule has 4 heteroatoms. The van der Waals surface area contributed by atoms with Gasteiger partial charge in [-0.15, -0.1) is 0 Å². The van der Waals surface area contributed by atoms with Crippen LogP contribution in [0, 0.1) is 5.92 Å². The highest BCUT2D eigenvalue weighted by Crippen LogP contribution is 2.43. The van der Waals surface area contributed by atoms with Crippen LogP contribution in [0.2, 0.25) is 0 Å². The molecule has 2 saturated carbocycles. The monoisotopic (exact) mass is 215 g/mol. The summed E-state index contributed by atoms with van der Waals surface area (Å²) >= 11 is 1.63. The van der Waals surface area contributed by atoms with Gasteiger partial charge in [0, 0.05) is 11.8 Å². The van der Waals surface area contributed by atoms with Crippen molar-refractivity contribution in [1.82, 2.24) is 5.32 Å². The van der Waals surface area contributed by atoms with Crippen molar-refractivity contribution in [2.24, 2.45) is 5.92 Å². The lowest BCUT2D eigenvalue weighted by molar-refractivity contribution is -0.144. The van der Waals surface area contributed by atoms with Gasteiger partial charge in [0.25, 0.3) is 0 Å². The molecule has 2 rings (SSSR count). The molecule has 2 aliphatic rings. The average Bonchev–Trinajstić information content (AvgIpc) is 2.98. The summed E-state index contributed by atoms with van der Waals surface area (Å²) in [6, 6.07) is 0.471. The molecule has 0 aliphatic heterocycles. The fourth-order valence-corrected chi connectivity index (χ4v) is 2.87. The predicted molar refractivity (Wildman–Crippen MR) is 57.6 cm³/mol. The van der Waals surface area contributed by atoms with Crippen LogP contribution >= 0.6 is 11.8 Å². The highest BCUT2D eigenvalue weighted by molar-refractivity contribution is 7.98. The molecule has 0 bridgehead atoms. The third kappa shape index (κ3) is 1.91. The Morgan fingerprint density at radius 2 is 2.14 bits per heavy atom. The minimum atomic E-state index is -0.652. The molecule has 0 radical (unpaired) electrons. The van der Waals surface area contributed by atoms with Gasteiger partial charge >= 0.3 is 5.97 Å². The molecule has 0 spiro atoms. The number of thioether (sulfide) groups is 1. The van der Waals surface area contributed by atoms with E-state index < -0.39 is 11.5 Å². The van der Waals surface area contributed by atoms with Crippen LogP contribution in [0.25, 0.3) is 0 Å². The van der Waals surface area contributed by atoms with E-state index >= 15 is 0 Å². The molecule has 80 valence electrons. The van der Waals surface area contributed by atoms with Crippen molar-refractivity contribution >= 4 is 17.7 Å². The van der Waals surface area contributed by atoms with Crippen LogP contribution in [0.4, 0.5) is 0 Å². The number of nitrogens with one attached hydrogen (secondary N) is 1. The first-order chi connectivity index (χ1) is 6.69. The van der Waals surface area contributed by atoms with E-state index in [0.29, 0.717) is 17.7 Å². The molecule has 2 aliphatic carbocycles. The molecule has 0 amide bonds. The Bertz CT molecular complexity index is 238. The van der Waals surface area contributed by atoms with E-state index in [-0.39, 0.29) is 0 Å². The van der Waals surface area contributed by atoms with Gasteiger partial charge < -0.3 is 5.11 Å². The number of carboxylic acid groups (broad SMARTS) is 1. The Labute approximate surface area is 88.6 Å². The maximum Gasteiger partial charge on any atom is 0.325 e. The van der Waals surface area contributed by atoms with Gasteiger partial charge in [0.1, 0.15) is 5.54 Å². The number of hydrogen-bond acceptors (Lipinski definition) is 3. The van der Waals surface area contributed by atoms with Crippen molar-refractivity contribution in [2.45, 2.75) is 37.3 Å². The Balaban J connectivity index is 2.08. The molecule has 1 atom stereocenters. The maximum atomic E-state index is 11.4. The van der Waals surface area contributed by atoms with Crippen molar-refractivity contribution < 1.29 is 9.90 Å². The molecule has 3 nitrogen and oxygen atoms in total. The summed E-state index contributed by atoms with van der Waals surface area (Å²) in [4.78, 5) is 11.4. The number of carbonyl (C=O) groups is 1. The second-order valence-electron chi connectivity index (χ2n) is 4.40. The van der Waals surface area contributed by atoms with Crippen LogP contribution in [0.5, 0.6) is 0 Å². The van der Waals surface area contributed by atoms with E-state index in [4.69, 9.17) is 0 Å². The van der Waals surface area contributed by atoms with Gasteiger partial charge in [-0.2, -0.15) is 11.8 Å². The van der Waals surface area contributed by atoms with Crippen LogP contribution in [0.15, 0.2) is 0 Å². The Morgan fingerprint density at radius 1 is 1.50 bits per heavy atom. The summed E-state index contributed by atoms with van der Waals surface area (Å²) in [5, 5.41) is 12.7. The molecule has 0 saturated heterocycles. The van der Waals surface area contributed by atoms with Gasteiger partial charge in [-0.05, 0) is 37.9 Å². The van der Waals surface area contributed by atoms with E-state index in [1.807, 2.05) is 6.26 Å². The van der Waals surface area contributed by atoms with Crippen molar-refractivity contribution in [3.05, 3.63) is 0 Å². The Kier molecular flexibility index (Phi) is 2.75. The minimum absolute atomic E-state index is 0.369. The second kappa shape index (κ2) is 3.74. The third-order valence-corrected chi connectivity index (χ3v) is 3.81.